The van der Waals surface area contributed by atoms with Crippen molar-refractivity contribution in [1.29, 1.82) is 0 Å². The summed E-state index contributed by atoms with van der Waals surface area (Å²) < 4.78 is 8.13. The van der Waals surface area contributed by atoms with Crippen LogP contribution < -0.4 is 11.2 Å². The minimum absolute atomic E-state index is 0.371. The van der Waals surface area contributed by atoms with E-state index in [1.807, 2.05) is 30.3 Å². The summed E-state index contributed by atoms with van der Waals surface area (Å²) in [5, 5.41) is 5.12. The third-order valence-electron chi connectivity index (χ3n) is 3.98. The molecule has 0 saturated carbocycles. The van der Waals surface area contributed by atoms with Crippen molar-refractivity contribution in [2.24, 2.45) is 5.10 Å². The molecule has 8 heteroatoms. The normalized spacial score (nSPS) is 11.8. The smallest absolute Gasteiger partial charge is 0.285 e. The van der Waals surface area contributed by atoms with Crippen molar-refractivity contribution < 1.29 is 9.21 Å². The standard InChI is InChI=1S/C18H20N4O2S2/c1-3-4-9-22-16(19)15(26-18(22)25)17(23)21-20-11(2)14-10-12-7-5-6-8-13(12)24-14/h5-8,10H,3-4,9,19H2,1-2H3,(H,21,23)/b20-11+. The van der Waals surface area contributed by atoms with Crippen molar-refractivity contribution in [3.63, 3.8) is 0 Å². The Morgan fingerprint density at radius 1 is 1.42 bits per heavy atom. The van der Waals surface area contributed by atoms with E-state index in [2.05, 4.69) is 17.5 Å². The lowest BCUT2D eigenvalue weighted by molar-refractivity contribution is 0.0959. The van der Waals surface area contributed by atoms with Crippen molar-refractivity contribution >= 4 is 52.0 Å². The molecule has 1 amide bonds. The second-order valence-corrected chi connectivity index (χ2v) is 7.52. The van der Waals surface area contributed by atoms with E-state index in [0.717, 1.165) is 23.8 Å². The zero-order valence-electron chi connectivity index (χ0n) is 14.6. The number of fused-ring (bicyclic) bond motifs is 1. The number of amides is 1. The molecule has 0 saturated heterocycles. The molecular weight excluding hydrogens is 368 g/mol. The van der Waals surface area contributed by atoms with E-state index in [9.17, 15) is 4.79 Å². The van der Waals surface area contributed by atoms with Gasteiger partial charge in [0.2, 0.25) is 0 Å². The Hall–Kier alpha value is -2.45. The zero-order chi connectivity index (χ0) is 18.7. The van der Waals surface area contributed by atoms with Crippen molar-refractivity contribution in [2.75, 3.05) is 5.73 Å². The molecule has 3 N–H and O–H groups in total. The third kappa shape index (κ3) is 3.71. The van der Waals surface area contributed by atoms with Crippen molar-refractivity contribution in [2.45, 2.75) is 33.2 Å². The quantitative estimate of drug-likeness (QED) is 0.368. The Morgan fingerprint density at radius 3 is 2.92 bits per heavy atom. The molecule has 0 fully saturated rings. The molecule has 0 spiro atoms. The number of unbranched alkanes of at least 4 members (excludes halogenated alkanes) is 1. The maximum Gasteiger partial charge on any atom is 0.285 e. The van der Waals surface area contributed by atoms with Gasteiger partial charge in [-0.2, -0.15) is 5.10 Å². The predicted octanol–water partition coefficient (Wildman–Crippen LogP) is 4.56. The van der Waals surface area contributed by atoms with Crippen LogP contribution in [0, 0.1) is 3.95 Å². The molecule has 0 atom stereocenters. The molecule has 3 rings (SSSR count). The number of thiazole rings is 1. The number of hydrazone groups is 1. The Labute approximate surface area is 160 Å². The number of anilines is 1. The van der Waals surface area contributed by atoms with Gasteiger partial charge in [0, 0.05) is 11.9 Å². The first-order chi connectivity index (χ1) is 12.5. The summed E-state index contributed by atoms with van der Waals surface area (Å²) in [6.07, 6.45) is 1.99. The van der Waals surface area contributed by atoms with Gasteiger partial charge in [-0.15, -0.1) is 0 Å². The van der Waals surface area contributed by atoms with E-state index in [4.69, 9.17) is 22.4 Å². The SMILES string of the molecule is CCCCn1c(N)c(C(=O)N/N=C(\C)c2cc3ccccc3o2)sc1=S. The number of hydrogen-bond donors (Lipinski definition) is 2. The molecule has 2 heterocycles. The van der Waals surface area contributed by atoms with Crippen LogP contribution in [0.25, 0.3) is 11.0 Å². The second kappa shape index (κ2) is 7.84. The average Bonchev–Trinajstić information content (AvgIpc) is 3.19. The van der Waals surface area contributed by atoms with Crippen LogP contribution in [0.3, 0.4) is 0 Å². The first-order valence-corrected chi connectivity index (χ1v) is 9.56. The molecular formula is C18H20N4O2S2. The number of aromatic nitrogens is 1. The summed E-state index contributed by atoms with van der Waals surface area (Å²) in [4.78, 5) is 12.8. The summed E-state index contributed by atoms with van der Waals surface area (Å²) >= 11 is 6.51. The largest absolute Gasteiger partial charge is 0.455 e. The minimum Gasteiger partial charge on any atom is -0.455 e. The highest BCUT2D eigenvalue weighted by molar-refractivity contribution is 7.73. The molecule has 136 valence electrons. The second-order valence-electron chi connectivity index (χ2n) is 5.87. The van der Waals surface area contributed by atoms with Gasteiger partial charge in [-0.3, -0.25) is 4.79 Å². The number of rotatable bonds is 6. The van der Waals surface area contributed by atoms with Crippen molar-refractivity contribution in [1.82, 2.24) is 9.99 Å². The molecule has 26 heavy (non-hydrogen) atoms. The lowest BCUT2D eigenvalue weighted by atomic mass is 10.2. The minimum atomic E-state index is -0.371. The van der Waals surface area contributed by atoms with E-state index in [-0.39, 0.29) is 5.91 Å². The van der Waals surface area contributed by atoms with Crippen LogP contribution in [0.1, 0.15) is 42.1 Å². The van der Waals surface area contributed by atoms with Gasteiger partial charge in [0.05, 0.1) is 0 Å². The monoisotopic (exact) mass is 388 g/mol. The lowest BCUT2D eigenvalue weighted by Crippen LogP contribution is -2.20. The van der Waals surface area contributed by atoms with Gasteiger partial charge in [-0.1, -0.05) is 42.9 Å². The van der Waals surface area contributed by atoms with Crippen LogP contribution in [-0.2, 0) is 6.54 Å². The number of carbonyl (C=O) groups excluding carboxylic acids is 1. The number of nitrogens with one attached hydrogen (secondary N) is 1. The molecule has 3 aromatic rings. The number of carbonyl (C=O) groups is 1. The highest BCUT2D eigenvalue weighted by atomic mass is 32.1. The average molecular weight is 389 g/mol. The van der Waals surface area contributed by atoms with E-state index >= 15 is 0 Å². The summed E-state index contributed by atoms with van der Waals surface area (Å²) in [6.45, 7) is 4.58. The number of nitrogens with zero attached hydrogens (tertiary/aromatic N) is 2. The van der Waals surface area contributed by atoms with Gasteiger partial charge in [0.1, 0.15) is 22.0 Å². The van der Waals surface area contributed by atoms with Gasteiger partial charge in [-0.25, -0.2) is 5.43 Å². The topological polar surface area (TPSA) is 85.5 Å². The molecule has 0 aliphatic rings. The Bertz CT molecular complexity index is 996. The maximum atomic E-state index is 12.4. The molecule has 6 nitrogen and oxygen atoms in total. The number of nitrogen functional groups attached to an aromatic ring is 1. The van der Waals surface area contributed by atoms with Gasteiger partial charge < -0.3 is 14.7 Å². The van der Waals surface area contributed by atoms with Crippen LogP contribution >= 0.6 is 23.6 Å². The first kappa shape index (κ1) is 18.3. The number of nitrogens with two attached hydrogens (primary N) is 1. The van der Waals surface area contributed by atoms with Gasteiger partial charge >= 0.3 is 0 Å². The summed E-state index contributed by atoms with van der Waals surface area (Å²) in [6, 6.07) is 9.58. The highest BCUT2D eigenvalue weighted by Gasteiger charge is 2.17. The molecule has 0 aliphatic heterocycles. The Balaban J connectivity index is 1.77. The van der Waals surface area contributed by atoms with E-state index < -0.39 is 0 Å². The maximum absolute atomic E-state index is 12.4. The van der Waals surface area contributed by atoms with E-state index in [1.54, 1.807) is 11.5 Å². The van der Waals surface area contributed by atoms with Gasteiger partial charge in [0.15, 0.2) is 9.71 Å². The molecule has 0 aliphatic carbocycles. The van der Waals surface area contributed by atoms with Crippen LogP contribution in [0.4, 0.5) is 5.82 Å². The van der Waals surface area contributed by atoms with Crippen LogP contribution in [0.15, 0.2) is 39.9 Å². The van der Waals surface area contributed by atoms with Crippen molar-refractivity contribution in [3.05, 3.63) is 44.9 Å². The van der Waals surface area contributed by atoms with Crippen LogP contribution in [-0.4, -0.2) is 16.2 Å². The van der Waals surface area contributed by atoms with E-state index in [1.165, 1.54) is 11.3 Å². The van der Waals surface area contributed by atoms with Gasteiger partial charge in [0.25, 0.3) is 5.91 Å². The predicted molar refractivity (Wildman–Crippen MR) is 108 cm³/mol. The molecule has 1 aromatic carbocycles. The number of benzene rings is 1. The summed E-state index contributed by atoms with van der Waals surface area (Å²) in [7, 11) is 0. The van der Waals surface area contributed by atoms with E-state index in [0.29, 0.717) is 32.7 Å². The third-order valence-corrected chi connectivity index (χ3v) is 5.45. The first-order valence-electron chi connectivity index (χ1n) is 8.34. The fourth-order valence-corrected chi connectivity index (χ4v) is 3.77. The molecule has 0 unspecified atom stereocenters. The van der Waals surface area contributed by atoms with Gasteiger partial charge in [-0.05, 0) is 37.7 Å². The van der Waals surface area contributed by atoms with Crippen LogP contribution in [0.5, 0.6) is 0 Å². The molecule has 0 radical (unpaired) electrons. The Kier molecular flexibility index (Phi) is 5.53. The lowest BCUT2D eigenvalue weighted by Gasteiger charge is -2.05. The van der Waals surface area contributed by atoms with Crippen molar-refractivity contribution in [3.8, 4) is 0 Å². The number of hydrogen-bond acceptors (Lipinski definition) is 6. The fraction of sp³-hybridized carbons (Fsp3) is 0.278. The number of furan rings is 1. The zero-order valence-corrected chi connectivity index (χ0v) is 16.2. The van der Waals surface area contributed by atoms with Crippen LogP contribution in [0.2, 0.25) is 0 Å². The Morgan fingerprint density at radius 2 is 2.19 bits per heavy atom. The summed E-state index contributed by atoms with van der Waals surface area (Å²) in [5.41, 5.74) is 9.98. The summed E-state index contributed by atoms with van der Waals surface area (Å²) in [5.74, 6) is 0.625. The molecule has 2 aromatic heterocycles. The molecule has 0 bridgehead atoms. The highest BCUT2D eigenvalue weighted by Crippen LogP contribution is 2.23. The number of para-hydroxylation sites is 1. The fourth-order valence-electron chi connectivity index (χ4n) is 2.51.